The van der Waals surface area contributed by atoms with E-state index in [2.05, 4.69) is 12.2 Å². The summed E-state index contributed by atoms with van der Waals surface area (Å²) in [4.78, 5) is 14.2. The van der Waals surface area contributed by atoms with Crippen molar-refractivity contribution in [2.75, 3.05) is 19.6 Å². The van der Waals surface area contributed by atoms with Crippen LogP contribution in [0.3, 0.4) is 0 Å². The van der Waals surface area contributed by atoms with E-state index in [0.717, 1.165) is 44.4 Å². The van der Waals surface area contributed by atoms with Crippen LogP contribution < -0.4 is 5.32 Å². The van der Waals surface area contributed by atoms with Crippen LogP contribution in [0.1, 0.15) is 43.0 Å². The summed E-state index contributed by atoms with van der Waals surface area (Å²) in [5, 5.41) is 3.35. The number of amides is 1. The molecular weight excluding hydrogens is 274 g/mol. The van der Waals surface area contributed by atoms with Crippen LogP contribution in [-0.2, 0) is 0 Å². The van der Waals surface area contributed by atoms with E-state index in [4.69, 9.17) is 0 Å². The number of nitrogens with zero attached hydrogens (tertiary/aromatic N) is 1. The zero-order chi connectivity index (χ0) is 15.2. The molecule has 0 aromatic heterocycles. The minimum absolute atomic E-state index is 0.0505. The van der Waals surface area contributed by atoms with Gasteiger partial charge in [0.05, 0.1) is 5.56 Å². The van der Waals surface area contributed by atoms with Gasteiger partial charge in [0.1, 0.15) is 11.6 Å². The van der Waals surface area contributed by atoms with Crippen molar-refractivity contribution in [3.05, 3.63) is 35.4 Å². The molecule has 0 aliphatic carbocycles. The highest BCUT2D eigenvalue weighted by Gasteiger charge is 2.24. The standard InChI is InChI=1S/C16H22F2N2O/c1-2-3-9-20(11-13-5-4-8-19-13)16(21)14-7-6-12(17)10-15(14)18/h6-7,10,13,19H,2-5,8-9,11H2,1H3. The molecule has 1 N–H and O–H groups in total. The largest absolute Gasteiger partial charge is 0.337 e. The van der Waals surface area contributed by atoms with Crippen LogP contribution in [0.2, 0.25) is 0 Å². The number of nitrogens with one attached hydrogen (secondary N) is 1. The van der Waals surface area contributed by atoms with Crippen LogP contribution in [-0.4, -0.2) is 36.5 Å². The second-order valence-corrected chi connectivity index (χ2v) is 5.52. The molecule has 1 amide bonds. The first-order valence-electron chi connectivity index (χ1n) is 7.59. The second-order valence-electron chi connectivity index (χ2n) is 5.52. The minimum Gasteiger partial charge on any atom is -0.337 e. The van der Waals surface area contributed by atoms with Gasteiger partial charge in [0.25, 0.3) is 5.91 Å². The molecule has 2 rings (SSSR count). The first-order valence-corrected chi connectivity index (χ1v) is 7.59. The van der Waals surface area contributed by atoms with Crippen molar-refractivity contribution in [2.24, 2.45) is 0 Å². The van der Waals surface area contributed by atoms with E-state index in [1.54, 1.807) is 4.90 Å². The molecule has 0 bridgehead atoms. The van der Waals surface area contributed by atoms with Gasteiger partial charge in [0.2, 0.25) is 0 Å². The van der Waals surface area contributed by atoms with Crippen molar-refractivity contribution in [2.45, 2.75) is 38.6 Å². The molecule has 0 spiro atoms. The summed E-state index contributed by atoms with van der Waals surface area (Å²) >= 11 is 0. The average Bonchev–Trinajstić information content (AvgIpc) is 2.95. The maximum Gasteiger partial charge on any atom is 0.256 e. The molecule has 116 valence electrons. The summed E-state index contributed by atoms with van der Waals surface area (Å²) in [6.07, 6.45) is 3.97. The summed E-state index contributed by atoms with van der Waals surface area (Å²) in [5.74, 6) is -1.81. The number of carbonyl (C=O) groups is 1. The smallest absolute Gasteiger partial charge is 0.256 e. The summed E-state index contributed by atoms with van der Waals surface area (Å²) in [6.45, 7) is 4.19. The van der Waals surface area contributed by atoms with Gasteiger partial charge in [-0.25, -0.2) is 8.78 Å². The van der Waals surface area contributed by atoms with Crippen LogP contribution in [0.25, 0.3) is 0 Å². The number of unbranched alkanes of at least 4 members (excludes halogenated alkanes) is 1. The zero-order valence-corrected chi connectivity index (χ0v) is 12.4. The van der Waals surface area contributed by atoms with Crippen molar-refractivity contribution >= 4 is 5.91 Å². The molecule has 1 aromatic carbocycles. The minimum atomic E-state index is -0.791. The second kappa shape index (κ2) is 7.50. The third kappa shape index (κ3) is 4.24. The SMILES string of the molecule is CCCCN(CC1CCCN1)C(=O)c1ccc(F)cc1F. The Hall–Kier alpha value is -1.49. The zero-order valence-electron chi connectivity index (χ0n) is 12.4. The molecule has 21 heavy (non-hydrogen) atoms. The van der Waals surface area contributed by atoms with Crippen LogP contribution in [0, 0.1) is 11.6 Å². The Balaban J connectivity index is 2.11. The van der Waals surface area contributed by atoms with Gasteiger partial charge in [-0.2, -0.15) is 0 Å². The summed E-state index contributed by atoms with van der Waals surface area (Å²) in [5.41, 5.74) is -0.0505. The quantitative estimate of drug-likeness (QED) is 0.875. The number of carbonyl (C=O) groups excluding carboxylic acids is 1. The number of hydrogen-bond donors (Lipinski definition) is 1. The molecule has 1 heterocycles. The van der Waals surface area contributed by atoms with E-state index in [0.29, 0.717) is 13.1 Å². The van der Waals surface area contributed by atoms with Gasteiger partial charge in [-0.3, -0.25) is 4.79 Å². The predicted molar refractivity (Wildman–Crippen MR) is 78.2 cm³/mol. The van der Waals surface area contributed by atoms with Crippen LogP contribution >= 0.6 is 0 Å². The molecule has 1 atom stereocenters. The highest BCUT2D eigenvalue weighted by molar-refractivity contribution is 5.94. The predicted octanol–water partition coefficient (Wildman–Crippen LogP) is 2.96. The van der Waals surface area contributed by atoms with E-state index in [1.807, 2.05) is 0 Å². The van der Waals surface area contributed by atoms with Gasteiger partial charge in [-0.15, -0.1) is 0 Å². The fourth-order valence-electron chi connectivity index (χ4n) is 2.64. The lowest BCUT2D eigenvalue weighted by Gasteiger charge is -2.26. The van der Waals surface area contributed by atoms with Crippen molar-refractivity contribution in [1.29, 1.82) is 0 Å². The van der Waals surface area contributed by atoms with Crippen LogP contribution in [0.5, 0.6) is 0 Å². The number of rotatable bonds is 6. The van der Waals surface area contributed by atoms with E-state index < -0.39 is 11.6 Å². The lowest BCUT2D eigenvalue weighted by atomic mass is 10.1. The van der Waals surface area contributed by atoms with Crippen LogP contribution in [0.4, 0.5) is 8.78 Å². The van der Waals surface area contributed by atoms with E-state index in [-0.39, 0.29) is 17.5 Å². The van der Waals surface area contributed by atoms with Crippen molar-refractivity contribution in [1.82, 2.24) is 10.2 Å². The molecule has 1 fully saturated rings. The Kier molecular flexibility index (Phi) is 5.67. The summed E-state index contributed by atoms with van der Waals surface area (Å²) < 4.78 is 26.8. The van der Waals surface area contributed by atoms with Crippen molar-refractivity contribution < 1.29 is 13.6 Å². The monoisotopic (exact) mass is 296 g/mol. The van der Waals surface area contributed by atoms with Gasteiger partial charge in [-0.05, 0) is 37.9 Å². The molecule has 1 aliphatic rings. The van der Waals surface area contributed by atoms with Gasteiger partial charge >= 0.3 is 0 Å². The molecule has 0 radical (unpaired) electrons. The van der Waals surface area contributed by atoms with E-state index in [9.17, 15) is 13.6 Å². The Bertz CT molecular complexity index is 487. The molecule has 5 heteroatoms. The van der Waals surface area contributed by atoms with E-state index in [1.165, 1.54) is 6.07 Å². The van der Waals surface area contributed by atoms with Gasteiger partial charge < -0.3 is 10.2 Å². The maximum atomic E-state index is 13.8. The Morgan fingerprint density at radius 2 is 2.24 bits per heavy atom. The van der Waals surface area contributed by atoms with Crippen molar-refractivity contribution in [3.63, 3.8) is 0 Å². The third-order valence-electron chi connectivity index (χ3n) is 3.83. The van der Waals surface area contributed by atoms with E-state index >= 15 is 0 Å². The Morgan fingerprint density at radius 1 is 1.43 bits per heavy atom. The maximum absolute atomic E-state index is 13.8. The lowest BCUT2D eigenvalue weighted by molar-refractivity contribution is 0.0734. The number of halogens is 2. The fourth-order valence-corrected chi connectivity index (χ4v) is 2.64. The lowest BCUT2D eigenvalue weighted by Crippen LogP contribution is -2.42. The first-order chi connectivity index (χ1) is 10.1. The summed E-state index contributed by atoms with van der Waals surface area (Å²) in [7, 11) is 0. The molecular formula is C16H22F2N2O. The number of hydrogen-bond acceptors (Lipinski definition) is 2. The molecule has 1 unspecified atom stereocenters. The summed E-state index contributed by atoms with van der Waals surface area (Å²) in [6, 6.07) is 3.39. The van der Waals surface area contributed by atoms with Crippen molar-refractivity contribution in [3.8, 4) is 0 Å². The van der Waals surface area contributed by atoms with Gasteiger partial charge in [-0.1, -0.05) is 13.3 Å². The Labute approximate surface area is 124 Å². The first kappa shape index (κ1) is 15.9. The molecule has 1 aliphatic heterocycles. The van der Waals surface area contributed by atoms with Gasteiger partial charge in [0.15, 0.2) is 0 Å². The topological polar surface area (TPSA) is 32.3 Å². The average molecular weight is 296 g/mol. The molecule has 3 nitrogen and oxygen atoms in total. The number of benzene rings is 1. The molecule has 0 saturated carbocycles. The fraction of sp³-hybridized carbons (Fsp3) is 0.562. The molecule has 1 aromatic rings. The Morgan fingerprint density at radius 3 is 2.86 bits per heavy atom. The third-order valence-corrected chi connectivity index (χ3v) is 3.83. The van der Waals surface area contributed by atoms with Crippen LogP contribution in [0.15, 0.2) is 18.2 Å². The highest BCUT2D eigenvalue weighted by atomic mass is 19.1. The highest BCUT2D eigenvalue weighted by Crippen LogP contribution is 2.15. The molecule has 1 saturated heterocycles. The van der Waals surface area contributed by atoms with Gasteiger partial charge in [0, 0.05) is 25.2 Å². The normalized spacial score (nSPS) is 18.0.